The van der Waals surface area contributed by atoms with E-state index in [1.165, 1.54) is 6.07 Å². The van der Waals surface area contributed by atoms with Gasteiger partial charge in [-0.2, -0.15) is 5.26 Å². The Hall–Kier alpha value is -3.31. The molecule has 5 rings (SSSR count). The van der Waals surface area contributed by atoms with Crippen molar-refractivity contribution < 1.29 is 8.78 Å². The van der Waals surface area contributed by atoms with Gasteiger partial charge in [0, 0.05) is 17.4 Å². The van der Waals surface area contributed by atoms with Crippen molar-refractivity contribution in [3.63, 3.8) is 0 Å². The quantitative estimate of drug-likeness (QED) is 0.560. The molecule has 2 aromatic carbocycles. The van der Waals surface area contributed by atoms with Crippen LogP contribution in [0.15, 0.2) is 46.0 Å². The fourth-order valence-corrected chi connectivity index (χ4v) is 4.49. The maximum absolute atomic E-state index is 14.9. The lowest BCUT2D eigenvalue weighted by molar-refractivity contribution is 0.447. The van der Waals surface area contributed by atoms with Crippen LogP contribution in [0.1, 0.15) is 18.0 Å². The standard InChI is InChI=1S/C20H11F2N3O2S/c21-13-5-12-15(6-11(13)10-3-1-2-9(4-10)8-23)25(16-7-14(16)22)20-17(18(12)26)19(27)24-28-20/h1-6,14,16H,7H2,(H,24,27)/t14-,16?/m0/s1. The molecular formula is C20H11F2N3O2S. The fourth-order valence-electron chi connectivity index (χ4n) is 3.58. The topological polar surface area (TPSA) is 78.7 Å². The normalized spacial score (nSPS) is 18.5. The highest BCUT2D eigenvalue weighted by Crippen LogP contribution is 2.43. The molecule has 1 aliphatic rings. The van der Waals surface area contributed by atoms with E-state index >= 15 is 0 Å². The van der Waals surface area contributed by atoms with Gasteiger partial charge in [0.25, 0.3) is 5.56 Å². The summed E-state index contributed by atoms with van der Waals surface area (Å²) in [6.07, 6.45) is -0.808. The molecule has 2 atom stereocenters. The highest BCUT2D eigenvalue weighted by atomic mass is 32.1. The number of hydrogen-bond donors (Lipinski definition) is 1. The van der Waals surface area contributed by atoms with Gasteiger partial charge in [-0.1, -0.05) is 12.1 Å². The van der Waals surface area contributed by atoms with Crippen molar-refractivity contribution >= 4 is 32.7 Å². The molecule has 1 fully saturated rings. The van der Waals surface area contributed by atoms with Gasteiger partial charge in [0.1, 0.15) is 22.2 Å². The van der Waals surface area contributed by atoms with Gasteiger partial charge < -0.3 is 4.57 Å². The van der Waals surface area contributed by atoms with E-state index < -0.39 is 29.0 Å². The van der Waals surface area contributed by atoms with E-state index in [2.05, 4.69) is 4.37 Å². The second-order valence-electron chi connectivity index (χ2n) is 6.77. The lowest BCUT2D eigenvalue weighted by atomic mass is 10.0. The third kappa shape index (κ3) is 2.33. The van der Waals surface area contributed by atoms with Crippen LogP contribution in [0.3, 0.4) is 0 Å². The Balaban J connectivity index is 1.91. The number of benzene rings is 2. The first-order valence-corrected chi connectivity index (χ1v) is 9.35. The maximum atomic E-state index is 14.9. The molecule has 0 amide bonds. The summed E-state index contributed by atoms with van der Waals surface area (Å²) in [6.45, 7) is 0. The zero-order valence-electron chi connectivity index (χ0n) is 14.2. The number of aromatic amines is 1. The summed E-state index contributed by atoms with van der Waals surface area (Å²) < 4.78 is 33.0. The number of H-pyrrole nitrogens is 1. The average Bonchev–Trinajstić information content (AvgIpc) is 3.28. The summed E-state index contributed by atoms with van der Waals surface area (Å²) in [5, 5.41) is 9.06. The van der Waals surface area contributed by atoms with Gasteiger partial charge in [0.2, 0.25) is 5.43 Å². The van der Waals surface area contributed by atoms with Crippen LogP contribution in [-0.2, 0) is 0 Å². The van der Waals surface area contributed by atoms with Crippen LogP contribution < -0.4 is 11.0 Å². The predicted octanol–water partition coefficient (Wildman–Crippen LogP) is 3.87. The first kappa shape index (κ1) is 16.8. The Morgan fingerprint density at radius 3 is 2.75 bits per heavy atom. The summed E-state index contributed by atoms with van der Waals surface area (Å²) in [7, 11) is 0. The summed E-state index contributed by atoms with van der Waals surface area (Å²) >= 11 is 0.974. The first-order chi connectivity index (χ1) is 13.5. The van der Waals surface area contributed by atoms with Gasteiger partial charge >= 0.3 is 0 Å². The van der Waals surface area contributed by atoms with Crippen LogP contribution in [0.2, 0.25) is 0 Å². The highest BCUT2D eigenvalue weighted by Gasteiger charge is 2.41. The van der Waals surface area contributed by atoms with Gasteiger partial charge in [0.05, 0.1) is 23.2 Å². The van der Waals surface area contributed by atoms with Crippen LogP contribution in [0.25, 0.3) is 32.2 Å². The van der Waals surface area contributed by atoms with Gasteiger partial charge in [0.15, 0.2) is 0 Å². The second kappa shape index (κ2) is 5.84. The SMILES string of the molecule is N#Cc1cccc(-c2cc3c(cc2F)c(=O)c2c(=O)[nH]sc2n3C2C[C@@H]2F)c1. The molecule has 0 bridgehead atoms. The Morgan fingerprint density at radius 2 is 2.04 bits per heavy atom. The molecule has 0 saturated heterocycles. The van der Waals surface area contributed by atoms with Crippen LogP contribution in [0, 0.1) is 17.1 Å². The van der Waals surface area contributed by atoms with Crippen LogP contribution in [0.4, 0.5) is 8.78 Å². The molecule has 1 saturated carbocycles. The molecule has 28 heavy (non-hydrogen) atoms. The minimum Gasteiger partial charge on any atom is -0.324 e. The van der Waals surface area contributed by atoms with Crippen molar-refractivity contribution in [2.75, 3.05) is 0 Å². The number of aromatic nitrogens is 2. The van der Waals surface area contributed by atoms with Crippen molar-refractivity contribution in [1.82, 2.24) is 8.94 Å². The Morgan fingerprint density at radius 1 is 1.25 bits per heavy atom. The summed E-state index contributed by atoms with van der Waals surface area (Å²) in [5.74, 6) is -0.648. The Labute approximate surface area is 160 Å². The van der Waals surface area contributed by atoms with Gasteiger partial charge in [-0.15, -0.1) is 0 Å². The fraction of sp³-hybridized carbons (Fsp3) is 0.150. The third-order valence-electron chi connectivity index (χ3n) is 5.03. The number of fused-ring (bicyclic) bond motifs is 2. The number of pyridine rings is 1. The Bertz CT molecular complexity index is 1440. The van der Waals surface area contributed by atoms with Crippen molar-refractivity contribution in [2.45, 2.75) is 18.6 Å². The lowest BCUT2D eigenvalue weighted by Gasteiger charge is -2.13. The molecule has 1 N–H and O–H groups in total. The summed E-state index contributed by atoms with van der Waals surface area (Å²) in [5.41, 5.74) is 0.304. The zero-order chi connectivity index (χ0) is 19.6. The van der Waals surface area contributed by atoms with Crippen molar-refractivity contribution in [3.8, 4) is 17.2 Å². The number of rotatable bonds is 2. The number of nitrogens with zero attached hydrogens (tertiary/aromatic N) is 2. The summed E-state index contributed by atoms with van der Waals surface area (Å²) in [6, 6.07) is 10.6. The minimum atomic E-state index is -1.08. The second-order valence-corrected chi connectivity index (χ2v) is 7.57. The van der Waals surface area contributed by atoms with Crippen LogP contribution in [0.5, 0.6) is 0 Å². The number of nitrogens with one attached hydrogen (secondary N) is 1. The lowest BCUT2D eigenvalue weighted by Crippen LogP contribution is -2.16. The van der Waals surface area contributed by atoms with E-state index in [1.54, 1.807) is 28.8 Å². The molecule has 1 unspecified atom stereocenters. The Kier molecular flexibility index (Phi) is 3.51. The molecule has 0 radical (unpaired) electrons. The molecule has 138 valence electrons. The van der Waals surface area contributed by atoms with E-state index in [1.807, 2.05) is 6.07 Å². The van der Waals surface area contributed by atoms with Crippen molar-refractivity contribution in [3.05, 3.63) is 68.4 Å². The van der Waals surface area contributed by atoms with Crippen molar-refractivity contribution in [1.29, 1.82) is 5.26 Å². The largest absolute Gasteiger partial charge is 0.324 e. The molecule has 4 aromatic rings. The monoisotopic (exact) mass is 395 g/mol. The molecule has 0 spiro atoms. The smallest absolute Gasteiger partial charge is 0.271 e. The van der Waals surface area contributed by atoms with E-state index in [0.717, 1.165) is 17.6 Å². The minimum absolute atomic E-state index is 0.0354. The average molecular weight is 395 g/mol. The van der Waals surface area contributed by atoms with E-state index in [4.69, 9.17) is 5.26 Å². The first-order valence-electron chi connectivity index (χ1n) is 8.53. The van der Waals surface area contributed by atoms with Gasteiger partial charge in [-0.25, -0.2) is 8.78 Å². The predicted molar refractivity (Wildman–Crippen MR) is 103 cm³/mol. The summed E-state index contributed by atoms with van der Waals surface area (Å²) in [4.78, 5) is 25.3. The number of nitriles is 1. The highest BCUT2D eigenvalue weighted by molar-refractivity contribution is 7.12. The number of hydrogen-bond acceptors (Lipinski definition) is 4. The number of halogens is 2. The molecule has 5 nitrogen and oxygen atoms in total. The molecular weight excluding hydrogens is 384 g/mol. The maximum Gasteiger partial charge on any atom is 0.271 e. The van der Waals surface area contributed by atoms with Crippen LogP contribution >= 0.6 is 11.5 Å². The third-order valence-corrected chi connectivity index (χ3v) is 5.91. The zero-order valence-corrected chi connectivity index (χ0v) is 15.0. The molecule has 2 aromatic heterocycles. The molecule has 0 aliphatic heterocycles. The molecule has 8 heteroatoms. The van der Waals surface area contributed by atoms with Gasteiger partial charge in [-0.05, 0) is 41.4 Å². The van der Waals surface area contributed by atoms with Gasteiger partial charge in [-0.3, -0.25) is 14.0 Å². The molecule has 1 aliphatic carbocycles. The van der Waals surface area contributed by atoms with Crippen molar-refractivity contribution in [2.24, 2.45) is 0 Å². The van der Waals surface area contributed by atoms with E-state index in [9.17, 15) is 18.4 Å². The number of alkyl halides is 1. The van der Waals surface area contributed by atoms with E-state index in [-0.39, 0.29) is 22.8 Å². The van der Waals surface area contributed by atoms with Crippen LogP contribution in [-0.4, -0.2) is 15.1 Å². The van der Waals surface area contributed by atoms with E-state index in [0.29, 0.717) is 21.5 Å². The molecule has 2 heterocycles.